The Balaban J connectivity index is 2.06. The summed E-state index contributed by atoms with van der Waals surface area (Å²) in [7, 11) is -3.44. The minimum Gasteiger partial charge on any atom is -0.376 e. The summed E-state index contributed by atoms with van der Waals surface area (Å²) in [5, 5.41) is 3.14. The Hall–Kier alpha value is -0.660. The highest BCUT2D eigenvalue weighted by Crippen LogP contribution is 2.31. The molecule has 1 N–H and O–H groups in total. The molecule has 2 saturated heterocycles. The molecule has 1 atom stereocenters. The normalized spacial score (nSPS) is 25.6. The Morgan fingerprint density at radius 3 is 2.55 bits per heavy atom. The minimum absolute atomic E-state index is 0.0321. The van der Waals surface area contributed by atoms with E-state index in [1.165, 1.54) is 6.26 Å². The number of carbonyl (C=O) groups is 1. The highest BCUT2D eigenvalue weighted by atomic mass is 32.2. The topological polar surface area (TPSA) is 75.7 Å². The van der Waals surface area contributed by atoms with Crippen LogP contribution >= 0.6 is 0 Å². The van der Waals surface area contributed by atoms with Gasteiger partial charge in [0.1, 0.15) is 0 Å². The standard InChI is InChI=1S/C15H28N2O4S/c1-12(2)11-21-13-4-9-17(10-13)14(18)15(22(3,19)20)5-7-16-8-6-15/h12-13,16H,4-11H2,1-3H3. The third kappa shape index (κ3) is 3.63. The molecule has 0 radical (unpaired) electrons. The maximum Gasteiger partial charge on any atom is 0.244 e. The van der Waals surface area contributed by atoms with Crippen molar-refractivity contribution in [1.82, 2.24) is 10.2 Å². The Labute approximate surface area is 133 Å². The van der Waals surface area contributed by atoms with Crippen LogP contribution in [-0.4, -0.2) is 69.1 Å². The molecule has 2 rings (SSSR count). The number of nitrogens with one attached hydrogen (secondary N) is 1. The monoisotopic (exact) mass is 332 g/mol. The summed E-state index contributed by atoms with van der Waals surface area (Å²) in [6, 6.07) is 0. The van der Waals surface area contributed by atoms with Crippen LogP contribution in [-0.2, 0) is 19.4 Å². The summed E-state index contributed by atoms with van der Waals surface area (Å²) in [4.78, 5) is 14.6. The summed E-state index contributed by atoms with van der Waals surface area (Å²) < 4.78 is 29.1. The van der Waals surface area contributed by atoms with Gasteiger partial charge in [0.15, 0.2) is 14.6 Å². The summed E-state index contributed by atoms with van der Waals surface area (Å²) in [6.45, 7) is 7.09. The van der Waals surface area contributed by atoms with Gasteiger partial charge >= 0.3 is 0 Å². The SMILES string of the molecule is CC(C)COC1CCN(C(=O)C2(S(C)(=O)=O)CCNCC2)C1. The summed E-state index contributed by atoms with van der Waals surface area (Å²) in [5.41, 5.74) is 0. The lowest BCUT2D eigenvalue weighted by Gasteiger charge is -2.37. The maximum atomic E-state index is 12.9. The second-order valence-corrected chi connectivity index (χ2v) is 9.23. The molecule has 1 unspecified atom stereocenters. The molecule has 0 aromatic heterocycles. The quantitative estimate of drug-likeness (QED) is 0.790. The second-order valence-electron chi connectivity index (χ2n) is 6.91. The van der Waals surface area contributed by atoms with Crippen LogP contribution in [0, 0.1) is 5.92 Å². The van der Waals surface area contributed by atoms with Gasteiger partial charge in [0.05, 0.1) is 6.10 Å². The number of hydrogen-bond acceptors (Lipinski definition) is 5. The van der Waals surface area contributed by atoms with Gasteiger partial charge in [-0.15, -0.1) is 0 Å². The van der Waals surface area contributed by atoms with E-state index in [0.29, 0.717) is 51.5 Å². The first-order valence-electron chi connectivity index (χ1n) is 8.07. The molecular formula is C15H28N2O4S. The number of ether oxygens (including phenoxy) is 1. The zero-order chi connectivity index (χ0) is 16.4. The predicted molar refractivity (Wildman–Crippen MR) is 85.5 cm³/mol. The van der Waals surface area contributed by atoms with Crippen LogP contribution in [0.15, 0.2) is 0 Å². The van der Waals surface area contributed by atoms with E-state index in [2.05, 4.69) is 19.2 Å². The van der Waals surface area contributed by atoms with Gasteiger partial charge in [-0.2, -0.15) is 0 Å². The molecule has 2 aliphatic rings. The van der Waals surface area contributed by atoms with E-state index in [1.807, 2.05) is 0 Å². The lowest BCUT2D eigenvalue weighted by atomic mass is 9.95. The molecule has 128 valence electrons. The summed E-state index contributed by atoms with van der Waals surface area (Å²) in [6.07, 6.45) is 2.73. The number of likely N-dealkylation sites (tertiary alicyclic amines) is 1. The molecule has 1 amide bonds. The van der Waals surface area contributed by atoms with Crippen LogP contribution in [0.3, 0.4) is 0 Å². The van der Waals surface area contributed by atoms with E-state index >= 15 is 0 Å². The molecule has 6 nitrogen and oxygen atoms in total. The van der Waals surface area contributed by atoms with Crippen LogP contribution in [0.4, 0.5) is 0 Å². The van der Waals surface area contributed by atoms with Crippen LogP contribution in [0.2, 0.25) is 0 Å². The number of hydrogen-bond donors (Lipinski definition) is 1. The van der Waals surface area contributed by atoms with Crippen molar-refractivity contribution >= 4 is 15.7 Å². The maximum absolute atomic E-state index is 12.9. The predicted octanol–water partition coefficient (Wildman–Crippen LogP) is 0.427. The number of rotatable bonds is 5. The molecule has 0 bridgehead atoms. The van der Waals surface area contributed by atoms with Crippen LogP contribution in [0.1, 0.15) is 33.1 Å². The van der Waals surface area contributed by atoms with Crippen molar-refractivity contribution in [2.45, 2.75) is 44.0 Å². The van der Waals surface area contributed by atoms with Gasteiger partial charge in [-0.05, 0) is 38.3 Å². The first-order valence-corrected chi connectivity index (χ1v) is 9.97. The minimum atomic E-state index is -3.44. The largest absolute Gasteiger partial charge is 0.376 e. The Kier molecular flexibility index (Phi) is 5.50. The van der Waals surface area contributed by atoms with Crippen LogP contribution in [0.5, 0.6) is 0 Å². The third-order valence-corrected chi connectivity index (χ3v) is 6.61. The zero-order valence-electron chi connectivity index (χ0n) is 13.8. The van der Waals surface area contributed by atoms with E-state index in [0.717, 1.165) is 6.42 Å². The lowest BCUT2D eigenvalue weighted by Crippen LogP contribution is -2.58. The van der Waals surface area contributed by atoms with E-state index in [1.54, 1.807) is 4.90 Å². The smallest absolute Gasteiger partial charge is 0.244 e. The average molecular weight is 332 g/mol. The highest BCUT2D eigenvalue weighted by Gasteiger charge is 2.51. The van der Waals surface area contributed by atoms with E-state index < -0.39 is 14.6 Å². The van der Waals surface area contributed by atoms with Gasteiger partial charge < -0.3 is 15.0 Å². The number of nitrogens with zero attached hydrogens (tertiary/aromatic N) is 1. The first kappa shape index (κ1) is 17.7. The summed E-state index contributed by atoms with van der Waals surface area (Å²) in [5.74, 6) is 0.226. The number of carbonyl (C=O) groups excluding carboxylic acids is 1. The third-order valence-electron chi connectivity index (χ3n) is 4.61. The molecule has 22 heavy (non-hydrogen) atoms. The number of piperidine rings is 1. The van der Waals surface area contributed by atoms with Crippen molar-refractivity contribution < 1.29 is 17.9 Å². The average Bonchev–Trinajstić information content (AvgIpc) is 2.92. The fourth-order valence-corrected chi connectivity index (χ4v) is 4.63. The van der Waals surface area contributed by atoms with Gasteiger partial charge in [0.25, 0.3) is 0 Å². The fraction of sp³-hybridized carbons (Fsp3) is 0.933. The van der Waals surface area contributed by atoms with Crippen molar-refractivity contribution in [2.75, 3.05) is 39.0 Å². The zero-order valence-corrected chi connectivity index (χ0v) is 14.6. The first-order chi connectivity index (χ1) is 10.3. The molecule has 2 fully saturated rings. The molecule has 0 aromatic carbocycles. The molecule has 0 saturated carbocycles. The summed E-state index contributed by atoms with van der Waals surface area (Å²) >= 11 is 0. The molecule has 2 heterocycles. The Morgan fingerprint density at radius 1 is 1.36 bits per heavy atom. The van der Waals surface area contributed by atoms with E-state index in [9.17, 15) is 13.2 Å². The van der Waals surface area contributed by atoms with Gasteiger partial charge in [-0.3, -0.25) is 4.79 Å². The van der Waals surface area contributed by atoms with Crippen molar-refractivity contribution in [3.05, 3.63) is 0 Å². The van der Waals surface area contributed by atoms with Gasteiger partial charge in [0.2, 0.25) is 5.91 Å². The van der Waals surface area contributed by atoms with E-state index in [4.69, 9.17) is 4.74 Å². The van der Waals surface area contributed by atoms with Crippen molar-refractivity contribution in [2.24, 2.45) is 5.92 Å². The van der Waals surface area contributed by atoms with Crippen molar-refractivity contribution in [3.8, 4) is 0 Å². The molecule has 0 spiro atoms. The Morgan fingerprint density at radius 2 is 2.00 bits per heavy atom. The fourth-order valence-electron chi connectivity index (χ4n) is 3.24. The van der Waals surface area contributed by atoms with Crippen molar-refractivity contribution in [3.63, 3.8) is 0 Å². The van der Waals surface area contributed by atoms with E-state index in [-0.39, 0.29) is 12.0 Å². The van der Waals surface area contributed by atoms with Crippen molar-refractivity contribution in [1.29, 1.82) is 0 Å². The Bertz CT molecular complexity index is 498. The molecular weight excluding hydrogens is 304 g/mol. The number of sulfone groups is 1. The lowest BCUT2D eigenvalue weighted by molar-refractivity contribution is -0.134. The molecule has 7 heteroatoms. The molecule has 0 aromatic rings. The molecule has 0 aliphatic carbocycles. The highest BCUT2D eigenvalue weighted by molar-refractivity contribution is 7.92. The van der Waals surface area contributed by atoms with Gasteiger partial charge in [0, 0.05) is 26.0 Å². The van der Waals surface area contributed by atoms with Gasteiger partial charge in [-0.1, -0.05) is 13.8 Å². The molecule has 2 aliphatic heterocycles. The number of amides is 1. The van der Waals surface area contributed by atoms with Gasteiger partial charge in [-0.25, -0.2) is 8.42 Å². The second kappa shape index (κ2) is 6.84. The van der Waals surface area contributed by atoms with Crippen LogP contribution in [0.25, 0.3) is 0 Å². The van der Waals surface area contributed by atoms with Crippen LogP contribution < -0.4 is 5.32 Å².